The molecule has 1 N–H and O–H groups in total. The van der Waals surface area contributed by atoms with Gasteiger partial charge in [0.05, 0.1) is 22.3 Å². The van der Waals surface area contributed by atoms with Gasteiger partial charge in [-0.15, -0.1) is 0 Å². The van der Waals surface area contributed by atoms with Gasteiger partial charge in [-0.05, 0) is 40.5 Å². The summed E-state index contributed by atoms with van der Waals surface area (Å²) in [5.74, 6) is 0. The monoisotopic (exact) mass is 285 g/mol. The molecule has 1 heterocycles. The maximum absolute atomic E-state index is 12.3. The minimum absolute atomic E-state index is 0.225. The normalized spacial score (nSPS) is 17.3. The smallest absolute Gasteiger partial charge is 0.235 e. The molecule has 0 spiro atoms. The summed E-state index contributed by atoms with van der Waals surface area (Å²) in [7, 11) is -3.27. The second-order valence-electron chi connectivity index (χ2n) is 5.64. The fourth-order valence-corrected chi connectivity index (χ4v) is 4.44. The number of hydrogen-bond donors (Lipinski definition) is 1. The molecule has 19 heavy (non-hydrogen) atoms. The van der Waals surface area contributed by atoms with Crippen LogP contribution in [0.5, 0.6) is 0 Å². The molecule has 1 aromatic heterocycles. The van der Waals surface area contributed by atoms with Crippen molar-refractivity contribution in [1.29, 1.82) is 0 Å². The van der Waals surface area contributed by atoms with E-state index in [0.717, 1.165) is 37.1 Å². The van der Waals surface area contributed by atoms with Crippen LogP contribution < -0.4 is 4.72 Å². The molecule has 0 amide bonds. The van der Waals surface area contributed by atoms with Crippen LogP contribution >= 0.6 is 0 Å². The van der Waals surface area contributed by atoms with Gasteiger partial charge in [-0.2, -0.15) is 5.10 Å². The molecule has 2 rings (SSSR count). The predicted molar refractivity (Wildman–Crippen MR) is 76.9 cm³/mol. The zero-order valence-corrected chi connectivity index (χ0v) is 12.9. The Morgan fingerprint density at radius 3 is 2.32 bits per heavy atom. The lowest BCUT2D eigenvalue weighted by Crippen LogP contribution is -2.25. The first-order valence-corrected chi connectivity index (χ1v) is 8.45. The first-order valence-electron chi connectivity index (χ1n) is 6.90. The number of hydrogen-bond acceptors (Lipinski definition) is 3. The Morgan fingerprint density at radius 1 is 1.26 bits per heavy atom. The van der Waals surface area contributed by atoms with Gasteiger partial charge in [0.1, 0.15) is 0 Å². The van der Waals surface area contributed by atoms with Crippen molar-refractivity contribution >= 4 is 15.7 Å². The molecule has 1 aliphatic rings. The molecule has 1 fully saturated rings. The highest BCUT2D eigenvalue weighted by Crippen LogP contribution is 2.29. The minimum atomic E-state index is -3.27. The van der Waals surface area contributed by atoms with Gasteiger partial charge in [0, 0.05) is 6.04 Å². The minimum Gasteiger partial charge on any atom is -0.280 e. The standard InChI is InChI=1S/C13H23N3O2S/c1-9(2)16-11(4)13(10(3)14-16)15-19(17,18)12-7-5-6-8-12/h9,12,15H,5-8H2,1-4H3. The Morgan fingerprint density at radius 2 is 1.84 bits per heavy atom. The molecule has 6 heteroatoms. The van der Waals surface area contributed by atoms with Crippen LogP contribution in [0.4, 0.5) is 5.69 Å². The molecule has 0 radical (unpaired) electrons. The molecule has 5 nitrogen and oxygen atoms in total. The summed E-state index contributed by atoms with van der Waals surface area (Å²) in [4.78, 5) is 0. The summed E-state index contributed by atoms with van der Waals surface area (Å²) in [5.41, 5.74) is 2.28. The average Bonchev–Trinajstić information content (AvgIpc) is 2.92. The van der Waals surface area contributed by atoms with Crippen LogP contribution in [0.3, 0.4) is 0 Å². The first kappa shape index (κ1) is 14.4. The number of anilines is 1. The maximum Gasteiger partial charge on any atom is 0.235 e. The molecule has 0 aromatic carbocycles. The van der Waals surface area contributed by atoms with E-state index in [2.05, 4.69) is 9.82 Å². The van der Waals surface area contributed by atoms with Crippen molar-refractivity contribution < 1.29 is 8.42 Å². The number of sulfonamides is 1. The molecule has 1 saturated carbocycles. The maximum atomic E-state index is 12.3. The van der Waals surface area contributed by atoms with Crippen LogP contribution in [-0.4, -0.2) is 23.4 Å². The molecular formula is C13H23N3O2S. The molecule has 0 bridgehead atoms. The Labute approximate surface area is 115 Å². The second kappa shape index (κ2) is 5.15. The van der Waals surface area contributed by atoms with E-state index >= 15 is 0 Å². The van der Waals surface area contributed by atoms with Gasteiger partial charge in [0.15, 0.2) is 0 Å². The third-order valence-corrected chi connectivity index (χ3v) is 5.64. The molecular weight excluding hydrogens is 262 g/mol. The van der Waals surface area contributed by atoms with Crippen molar-refractivity contribution in [1.82, 2.24) is 9.78 Å². The first-order chi connectivity index (χ1) is 8.83. The zero-order valence-electron chi connectivity index (χ0n) is 12.1. The van der Waals surface area contributed by atoms with Crippen LogP contribution in [0.25, 0.3) is 0 Å². The lowest BCUT2D eigenvalue weighted by atomic mass is 10.3. The van der Waals surface area contributed by atoms with Crippen molar-refractivity contribution in [2.75, 3.05) is 4.72 Å². The largest absolute Gasteiger partial charge is 0.280 e. The van der Waals surface area contributed by atoms with Crippen molar-refractivity contribution in [3.8, 4) is 0 Å². The van der Waals surface area contributed by atoms with Gasteiger partial charge in [0.25, 0.3) is 0 Å². The zero-order chi connectivity index (χ0) is 14.2. The molecule has 0 atom stereocenters. The summed E-state index contributed by atoms with van der Waals surface area (Å²) < 4.78 is 29.3. The highest BCUT2D eigenvalue weighted by Gasteiger charge is 2.30. The predicted octanol–water partition coefficient (Wildman–Crippen LogP) is 2.77. The molecule has 0 unspecified atom stereocenters. The number of nitrogens with zero attached hydrogens (tertiary/aromatic N) is 2. The van der Waals surface area contributed by atoms with E-state index in [9.17, 15) is 8.42 Å². The van der Waals surface area contributed by atoms with E-state index in [-0.39, 0.29) is 11.3 Å². The van der Waals surface area contributed by atoms with E-state index in [1.165, 1.54) is 0 Å². The van der Waals surface area contributed by atoms with Crippen LogP contribution in [0.1, 0.15) is 57.0 Å². The van der Waals surface area contributed by atoms with Crippen LogP contribution in [0.15, 0.2) is 0 Å². The third kappa shape index (κ3) is 2.78. The van der Waals surface area contributed by atoms with E-state index in [4.69, 9.17) is 0 Å². The molecule has 0 aliphatic heterocycles. The summed E-state index contributed by atoms with van der Waals surface area (Å²) in [5, 5.41) is 4.17. The van der Waals surface area contributed by atoms with Crippen molar-refractivity contribution in [2.45, 2.75) is 64.7 Å². The molecule has 108 valence electrons. The fraction of sp³-hybridized carbons (Fsp3) is 0.769. The Balaban J connectivity index is 2.28. The average molecular weight is 285 g/mol. The second-order valence-corrected chi connectivity index (χ2v) is 7.60. The van der Waals surface area contributed by atoms with Gasteiger partial charge in [-0.1, -0.05) is 12.8 Å². The van der Waals surface area contributed by atoms with Crippen molar-refractivity contribution in [2.24, 2.45) is 0 Å². The lowest BCUT2D eigenvalue weighted by molar-refractivity contribution is 0.516. The quantitative estimate of drug-likeness (QED) is 0.925. The topological polar surface area (TPSA) is 64.0 Å². The Hall–Kier alpha value is -1.04. The SMILES string of the molecule is Cc1nn(C(C)C)c(C)c1NS(=O)(=O)C1CCCC1. The Kier molecular flexibility index (Phi) is 3.90. The molecule has 1 aliphatic carbocycles. The van der Waals surface area contributed by atoms with Gasteiger partial charge >= 0.3 is 0 Å². The number of nitrogens with one attached hydrogen (secondary N) is 1. The van der Waals surface area contributed by atoms with Crippen molar-refractivity contribution in [3.05, 3.63) is 11.4 Å². The van der Waals surface area contributed by atoms with Crippen LogP contribution in [-0.2, 0) is 10.0 Å². The highest BCUT2D eigenvalue weighted by atomic mass is 32.2. The van der Waals surface area contributed by atoms with Crippen LogP contribution in [0.2, 0.25) is 0 Å². The van der Waals surface area contributed by atoms with E-state index in [0.29, 0.717) is 5.69 Å². The lowest BCUT2D eigenvalue weighted by Gasteiger charge is -2.14. The van der Waals surface area contributed by atoms with Gasteiger partial charge < -0.3 is 0 Å². The van der Waals surface area contributed by atoms with Gasteiger partial charge in [0.2, 0.25) is 10.0 Å². The molecule has 0 saturated heterocycles. The van der Waals surface area contributed by atoms with E-state index < -0.39 is 10.0 Å². The third-order valence-electron chi connectivity index (χ3n) is 3.80. The van der Waals surface area contributed by atoms with E-state index in [1.807, 2.05) is 32.4 Å². The van der Waals surface area contributed by atoms with Crippen LogP contribution in [0, 0.1) is 13.8 Å². The summed E-state index contributed by atoms with van der Waals surface area (Å²) in [6.45, 7) is 7.83. The summed E-state index contributed by atoms with van der Waals surface area (Å²) in [6, 6.07) is 0.225. The summed E-state index contributed by atoms with van der Waals surface area (Å²) >= 11 is 0. The fourth-order valence-electron chi connectivity index (χ4n) is 2.74. The number of aromatic nitrogens is 2. The summed E-state index contributed by atoms with van der Waals surface area (Å²) in [6.07, 6.45) is 3.56. The molecule has 1 aromatic rings. The number of aryl methyl sites for hydroxylation is 1. The number of rotatable bonds is 4. The Bertz CT molecular complexity index is 555. The highest BCUT2D eigenvalue weighted by molar-refractivity contribution is 7.93. The van der Waals surface area contributed by atoms with Gasteiger partial charge in [-0.3, -0.25) is 9.40 Å². The van der Waals surface area contributed by atoms with Gasteiger partial charge in [-0.25, -0.2) is 8.42 Å². The van der Waals surface area contributed by atoms with E-state index in [1.54, 1.807) is 0 Å². The van der Waals surface area contributed by atoms with Crippen molar-refractivity contribution in [3.63, 3.8) is 0 Å².